The third kappa shape index (κ3) is 3.93. The summed E-state index contributed by atoms with van der Waals surface area (Å²) in [5.41, 5.74) is 4.49. The molecule has 0 saturated carbocycles. The SMILES string of the molecule is NNC(Cc1cc(Cl)ccc1Cl)c1ncc(Br)cc1Br. The third-order valence-corrected chi connectivity index (χ3v) is 4.47. The zero-order chi connectivity index (χ0) is 14.7. The molecule has 0 spiro atoms. The van der Waals surface area contributed by atoms with Crippen LogP contribution >= 0.6 is 55.1 Å². The van der Waals surface area contributed by atoms with Crippen LogP contribution in [-0.4, -0.2) is 4.98 Å². The van der Waals surface area contributed by atoms with Crippen molar-refractivity contribution < 1.29 is 0 Å². The van der Waals surface area contributed by atoms with E-state index in [0.29, 0.717) is 16.5 Å². The van der Waals surface area contributed by atoms with Crippen LogP contribution in [0.3, 0.4) is 0 Å². The van der Waals surface area contributed by atoms with E-state index in [-0.39, 0.29) is 6.04 Å². The molecule has 0 saturated heterocycles. The molecule has 0 bridgehead atoms. The quantitative estimate of drug-likeness (QED) is 0.538. The van der Waals surface area contributed by atoms with Crippen LogP contribution in [0.5, 0.6) is 0 Å². The Balaban J connectivity index is 2.31. The van der Waals surface area contributed by atoms with Crippen LogP contribution < -0.4 is 11.3 Å². The van der Waals surface area contributed by atoms with Crippen molar-refractivity contribution in [3.63, 3.8) is 0 Å². The Kier molecular flexibility index (Phi) is 5.84. The van der Waals surface area contributed by atoms with Gasteiger partial charge in [-0.25, -0.2) is 0 Å². The van der Waals surface area contributed by atoms with Crippen LogP contribution in [0.2, 0.25) is 10.0 Å². The summed E-state index contributed by atoms with van der Waals surface area (Å²) in [5.74, 6) is 5.65. The van der Waals surface area contributed by atoms with Gasteiger partial charge < -0.3 is 0 Å². The van der Waals surface area contributed by atoms with Gasteiger partial charge in [0.05, 0.1) is 11.7 Å². The second-order valence-electron chi connectivity index (χ2n) is 4.18. The van der Waals surface area contributed by atoms with Gasteiger partial charge in [0, 0.05) is 25.2 Å². The first-order chi connectivity index (χ1) is 9.51. The van der Waals surface area contributed by atoms with E-state index in [0.717, 1.165) is 20.2 Å². The van der Waals surface area contributed by atoms with Crippen molar-refractivity contribution in [2.45, 2.75) is 12.5 Å². The summed E-state index contributed by atoms with van der Waals surface area (Å²) >= 11 is 19.0. The molecule has 1 heterocycles. The van der Waals surface area contributed by atoms with Crippen LogP contribution in [0.25, 0.3) is 0 Å². The fourth-order valence-electron chi connectivity index (χ4n) is 1.84. The standard InChI is InChI=1S/C13H11Br2Cl2N3/c14-8-5-10(15)13(19-6-8)12(20-18)4-7-3-9(16)1-2-11(7)17/h1-3,5-6,12,20H,4,18H2. The van der Waals surface area contributed by atoms with Crippen molar-refractivity contribution in [3.8, 4) is 0 Å². The zero-order valence-electron chi connectivity index (χ0n) is 10.2. The molecular formula is C13H11Br2Cl2N3. The second kappa shape index (κ2) is 7.20. The summed E-state index contributed by atoms with van der Waals surface area (Å²) in [4.78, 5) is 4.38. The number of pyridine rings is 1. The van der Waals surface area contributed by atoms with E-state index in [2.05, 4.69) is 42.3 Å². The van der Waals surface area contributed by atoms with Crippen LogP contribution in [0.15, 0.2) is 39.4 Å². The second-order valence-corrected chi connectivity index (χ2v) is 6.79. The van der Waals surface area contributed by atoms with E-state index in [1.807, 2.05) is 12.1 Å². The minimum Gasteiger partial charge on any atom is -0.271 e. The molecule has 2 aromatic rings. The molecule has 1 aromatic carbocycles. The Hall–Kier alpha value is -0.170. The maximum atomic E-state index is 6.18. The minimum absolute atomic E-state index is 0.173. The van der Waals surface area contributed by atoms with E-state index in [1.165, 1.54) is 0 Å². The minimum atomic E-state index is -0.173. The maximum absolute atomic E-state index is 6.18. The molecule has 7 heteroatoms. The highest BCUT2D eigenvalue weighted by atomic mass is 79.9. The van der Waals surface area contributed by atoms with Crippen LogP contribution in [0.4, 0.5) is 0 Å². The van der Waals surface area contributed by atoms with E-state index < -0.39 is 0 Å². The van der Waals surface area contributed by atoms with E-state index in [4.69, 9.17) is 29.0 Å². The Morgan fingerprint density at radius 3 is 2.65 bits per heavy atom. The Morgan fingerprint density at radius 2 is 2.00 bits per heavy atom. The number of benzene rings is 1. The normalized spacial score (nSPS) is 12.4. The van der Waals surface area contributed by atoms with E-state index in [1.54, 1.807) is 18.3 Å². The van der Waals surface area contributed by atoms with E-state index in [9.17, 15) is 0 Å². The van der Waals surface area contributed by atoms with Crippen molar-refractivity contribution in [3.05, 3.63) is 60.7 Å². The molecule has 3 N–H and O–H groups in total. The van der Waals surface area contributed by atoms with E-state index >= 15 is 0 Å². The topological polar surface area (TPSA) is 50.9 Å². The maximum Gasteiger partial charge on any atom is 0.0732 e. The molecule has 0 aliphatic heterocycles. The van der Waals surface area contributed by atoms with Crippen LogP contribution in [-0.2, 0) is 6.42 Å². The highest BCUT2D eigenvalue weighted by molar-refractivity contribution is 9.11. The zero-order valence-corrected chi connectivity index (χ0v) is 14.9. The molecule has 0 amide bonds. The highest BCUT2D eigenvalue weighted by Gasteiger charge is 2.17. The lowest BCUT2D eigenvalue weighted by Gasteiger charge is -2.18. The first-order valence-corrected chi connectivity index (χ1v) is 8.06. The molecule has 2 rings (SSSR count). The average molecular weight is 440 g/mol. The van der Waals surface area contributed by atoms with Gasteiger partial charge in [0.2, 0.25) is 0 Å². The number of aromatic nitrogens is 1. The van der Waals surface area contributed by atoms with Crippen molar-refractivity contribution >= 4 is 55.1 Å². The number of hydrazine groups is 1. The molecule has 0 aliphatic carbocycles. The summed E-state index contributed by atoms with van der Waals surface area (Å²) < 4.78 is 1.76. The van der Waals surface area contributed by atoms with Gasteiger partial charge in [-0.3, -0.25) is 16.3 Å². The van der Waals surface area contributed by atoms with Crippen molar-refractivity contribution in [2.24, 2.45) is 5.84 Å². The number of halogens is 4. The van der Waals surface area contributed by atoms with Crippen molar-refractivity contribution in [2.75, 3.05) is 0 Å². The molecule has 0 aliphatic rings. The molecular weight excluding hydrogens is 429 g/mol. The van der Waals surface area contributed by atoms with Gasteiger partial charge in [-0.1, -0.05) is 23.2 Å². The number of rotatable bonds is 4. The van der Waals surface area contributed by atoms with Gasteiger partial charge in [0.25, 0.3) is 0 Å². The number of nitrogens with two attached hydrogens (primary N) is 1. The van der Waals surface area contributed by atoms with Gasteiger partial charge >= 0.3 is 0 Å². The van der Waals surface area contributed by atoms with Crippen molar-refractivity contribution in [1.29, 1.82) is 0 Å². The molecule has 106 valence electrons. The fourth-order valence-corrected chi connectivity index (χ4v) is 3.49. The summed E-state index contributed by atoms with van der Waals surface area (Å²) in [6.07, 6.45) is 2.31. The Morgan fingerprint density at radius 1 is 1.25 bits per heavy atom. The monoisotopic (exact) mass is 437 g/mol. The first-order valence-electron chi connectivity index (χ1n) is 5.72. The molecule has 3 nitrogen and oxygen atoms in total. The lowest BCUT2D eigenvalue weighted by atomic mass is 10.0. The van der Waals surface area contributed by atoms with Gasteiger partial charge in [-0.2, -0.15) is 0 Å². The number of nitrogens with zero attached hydrogens (tertiary/aromatic N) is 1. The number of nitrogens with one attached hydrogen (secondary N) is 1. The van der Waals surface area contributed by atoms with Crippen LogP contribution in [0.1, 0.15) is 17.3 Å². The fraction of sp³-hybridized carbons (Fsp3) is 0.154. The smallest absolute Gasteiger partial charge is 0.0732 e. The van der Waals surface area contributed by atoms with Gasteiger partial charge in [0.1, 0.15) is 0 Å². The first kappa shape index (κ1) is 16.2. The predicted octanol–water partition coefficient (Wildman–Crippen LogP) is 4.66. The molecule has 1 atom stereocenters. The highest BCUT2D eigenvalue weighted by Crippen LogP contribution is 2.29. The Bertz CT molecular complexity index is 623. The summed E-state index contributed by atoms with van der Waals surface area (Å²) in [5, 5.41) is 1.30. The van der Waals surface area contributed by atoms with Crippen molar-refractivity contribution in [1.82, 2.24) is 10.4 Å². The lowest BCUT2D eigenvalue weighted by Crippen LogP contribution is -2.30. The van der Waals surface area contributed by atoms with Gasteiger partial charge in [-0.05, 0) is 68.1 Å². The van der Waals surface area contributed by atoms with Gasteiger partial charge in [-0.15, -0.1) is 0 Å². The molecule has 1 aromatic heterocycles. The summed E-state index contributed by atoms with van der Waals surface area (Å²) in [7, 11) is 0. The number of hydrogen-bond donors (Lipinski definition) is 2. The van der Waals surface area contributed by atoms with Crippen LogP contribution in [0, 0.1) is 0 Å². The predicted molar refractivity (Wildman–Crippen MR) is 89.9 cm³/mol. The summed E-state index contributed by atoms with van der Waals surface area (Å²) in [6, 6.07) is 7.12. The molecule has 0 radical (unpaired) electrons. The molecule has 0 fully saturated rings. The molecule has 20 heavy (non-hydrogen) atoms. The Labute approximate surface area is 144 Å². The number of hydrogen-bond acceptors (Lipinski definition) is 3. The van der Waals surface area contributed by atoms with Gasteiger partial charge in [0.15, 0.2) is 0 Å². The third-order valence-electron chi connectivity index (χ3n) is 2.80. The largest absolute Gasteiger partial charge is 0.271 e. The summed E-state index contributed by atoms with van der Waals surface area (Å²) in [6.45, 7) is 0. The molecule has 1 unspecified atom stereocenters. The lowest BCUT2D eigenvalue weighted by molar-refractivity contribution is 0.536. The average Bonchev–Trinajstić information content (AvgIpc) is 2.40.